The molecule has 0 bridgehead atoms. The van der Waals surface area contributed by atoms with Crippen LogP contribution in [0.4, 0.5) is 0 Å². The van der Waals surface area contributed by atoms with Gasteiger partial charge in [0.05, 0.1) is 6.54 Å². The molecule has 6 heteroatoms. The number of aromatic nitrogens is 3. The van der Waals surface area contributed by atoms with E-state index in [1.807, 2.05) is 36.4 Å². The molecule has 6 nitrogen and oxygen atoms in total. The van der Waals surface area contributed by atoms with E-state index < -0.39 is 5.76 Å². The number of oxazole rings is 1. The van der Waals surface area contributed by atoms with Gasteiger partial charge in [0.1, 0.15) is 5.69 Å². The smallest absolute Gasteiger partial charge is 0.406 e. The van der Waals surface area contributed by atoms with Crippen LogP contribution in [0.15, 0.2) is 68.5 Å². The molecule has 0 unspecified atom stereocenters. The molecule has 1 aromatic carbocycles. The maximum atomic E-state index is 11.9. The van der Waals surface area contributed by atoms with Gasteiger partial charge in [-0.15, -0.1) is 0 Å². The van der Waals surface area contributed by atoms with E-state index in [4.69, 9.17) is 8.94 Å². The topological polar surface area (TPSA) is 74.1 Å². The van der Waals surface area contributed by atoms with Crippen LogP contribution in [0.3, 0.4) is 0 Å². The lowest BCUT2D eigenvalue weighted by Crippen LogP contribution is -2.15. The van der Waals surface area contributed by atoms with Crippen LogP contribution in [-0.4, -0.2) is 14.7 Å². The Morgan fingerprint density at radius 3 is 2.82 bits per heavy atom. The summed E-state index contributed by atoms with van der Waals surface area (Å²) in [5.41, 5.74) is 2.63. The van der Waals surface area contributed by atoms with Crippen molar-refractivity contribution in [2.75, 3.05) is 0 Å². The minimum absolute atomic E-state index is 0.225. The van der Waals surface area contributed by atoms with Crippen LogP contribution < -0.4 is 5.76 Å². The summed E-state index contributed by atoms with van der Waals surface area (Å²) in [7, 11) is 0. The summed E-state index contributed by atoms with van der Waals surface area (Å²) in [5, 5.41) is 4.04. The van der Waals surface area contributed by atoms with Gasteiger partial charge in [-0.3, -0.25) is 4.57 Å². The lowest BCUT2D eigenvalue weighted by atomic mass is 10.1. The Bertz CT molecular complexity index is 982. The fourth-order valence-electron chi connectivity index (χ4n) is 2.33. The molecule has 0 spiro atoms. The van der Waals surface area contributed by atoms with Gasteiger partial charge in [-0.1, -0.05) is 35.5 Å². The molecule has 4 aromatic rings. The van der Waals surface area contributed by atoms with Crippen LogP contribution in [0.25, 0.3) is 22.5 Å². The van der Waals surface area contributed by atoms with Crippen LogP contribution in [0.1, 0.15) is 5.76 Å². The van der Waals surface area contributed by atoms with Gasteiger partial charge in [-0.2, -0.15) is 0 Å². The zero-order valence-corrected chi connectivity index (χ0v) is 11.5. The molecule has 4 rings (SSSR count). The molecule has 0 N–H and O–H groups in total. The molecule has 3 aromatic heterocycles. The Balaban J connectivity index is 1.71. The third-order valence-electron chi connectivity index (χ3n) is 3.37. The van der Waals surface area contributed by atoms with Gasteiger partial charge in [-0.05, 0) is 12.1 Å². The minimum atomic E-state index is -0.466. The van der Waals surface area contributed by atoms with E-state index in [-0.39, 0.29) is 6.54 Å². The normalized spacial score (nSPS) is 11.1. The fraction of sp³-hybridized carbons (Fsp3) is 0.0625. The zero-order valence-electron chi connectivity index (χ0n) is 11.5. The largest absolute Gasteiger partial charge is 0.421 e. The van der Waals surface area contributed by atoms with Crippen molar-refractivity contribution >= 4 is 11.2 Å². The summed E-state index contributed by atoms with van der Waals surface area (Å²) in [6, 6.07) is 14.9. The third-order valence-corrected chi connectivity index (χ3v) is 3.37. The summed E-state index contributed by atoms with van der Waals surface area (Å²) in [4.78, 5) is 16.1. The van der Waals surface area contributed by atoms with E-state index in [1.165, 1.54) is 4.57 Å². The Morgan fingerprint density at radius 1 is 1.09 bits per heavy atom. The highest BCUT2D eigenvalue weighted by molar-refractivity contribution is 5.67. The summed E-state index contributed by atoms with van der Waals surface area (Å²) in [5.74, 6) is 0.0978. The maximum Gasteiger partial charge on any atom is 0.421 e. The first kappa shape index (κ1) is 12.6. The van der Waals surface area contributed by atoms with Gasteiger partial charge in [0, 0.05) is 17.8 Å². The van der Waals surface area contributed by atoms with Gasteiger partial charge < -0.3 is 8.94 Å². The second-order valence-electron chi connectivity index (χ2n) is 4.82. The zero-order chi connectivity index (χ0) is 14.9. The first-order valence-corrected chi connectivity index (χ1v) is 6.76. The summed E-state index contributed by atoms with van der Waals surface area (Å²) in [6.45, 7) is 0.225. The Labute approximate surface area is 124 Å². The van der Waals surface area contributed by atoms with Crippen molar-refractivity contribution in [3.8, 4) is 11.3 Å². The summed E-state index contributed by atoms with van der Waals surface area (Å²) in [6.07, 6.45) is 1.61. The Morgan fingerprint density at radius 2 is 1.95 bits per heavy atom. The molecule has 108 valence electrons. The van der Waals surface area contributed by atoms with Crippen LogP contribution in [0.2, 0.25) is 0 Å². The summed E-state index contributed by atoms with van der Waals surface area (Å²) < 4.78 is 11.9. The molecule has 0 fully saturated rings. The van der Waals surface area contributed by atoms with Crippen LogP contribution in [0.5, 0.6) is 0 Å². The van der Waals surface area contributed by atoms with Crippen LogP contribution >= 0.6 is 0 Å². The predicted octanol–water partition coefficient (Wildman–Crippen LogP) is 2.69. The molecule has 0 saturated heterocycles. The molecular formula is C16H11N3O3. The standard InChI is InChI=1S/C16H11N3O3/c20-16-19(15-14(21-16)7-4-8-17-15)10-12-9-13(18-22-12)11-5-2-1-3-6-11/h1-9H,10H2. The van der Waals surface area contributed by atoms with Crippen molar-refractivity contribution in [1.82, 2.24) is 14.7 Å². The van der Waals surface area contributed by atoms with Gasteiger partial charge in [-0.25, -0.2) is 9.78 Å². The van der Waals surface area contributed by atoms with Crippen molar-refractivity contribution in [3.63, 3.8) is 0 Å². The maximum absolute atomic E-state index is 11.9. The second kappa shape index (κ2) is 5.00. The number of benzene rings is 1. The summed E-state index contributed by atoms with van der Waals surface area (Å²) >= 11 is 0. The van der Waals surface area contributed by atoms with Gasteiger partial charge in [0.25, 0.3) is 0 Å². The molecule has 0 aliphatic rings. The van der Waals surface area contributed by atoms with Crippen molar-refractivity contribution in [2.45, 2.75) is 6.54 Å². The first-order valence-electron chi connectivity index (χ1n) is 6.76. The molecule has 0 atom stereocenters. The molecule has 22 heavy (non-hydrogen) atoms. The average molecular weight is 293 g/mol. The predicted molar refractivity (Wildman–Crippen MR) is 79.3 cm³/mol. The number of pyridine rings is 1. The van der Waals surface area contributed by atoms with Gasteiger partial charge in [0.2, 0.25) is 0 Å². The minimum Gasteiger partial charge on any atom is -0.406 e. The van der Waals surface area contributed by atoms with E-state index in [0.29, 0.717) is 17.0 Å². The Kier molecular flexibility index (Phi) is 2.86. The molecule has 0 radical (unpaired) electrons. The van der Waals surface area contributed by atoms with E-state index in [2.05, 4.69) is 10.1 Å². The molecule has 0 amide bonds. The highest BCUT2D eigenvalue weighted by Gasteiger charge is 2.13. The third kappa shape index (κ3) is 2.10. The SMILES string of the molecule is O=c1oc2cccnc2n1Cc1cc(-c2ccccc2)no1. The number of fused-ring (bicyclic) bond motifs is 1. The molecule has 3 heterocycles. The lowest BCUT2D eigenvalue weighted by molar-refractivity contribution is 0.373. The van der Waals surface area contributed by atoms with Crippen molar-refractivity contribution in [1.29, 1.82) is 0 Å². The van der Waals surface area contributed by atoms with E-state index in [0.717, 1.165) is 11.3 Å². The average Bonchev–Trinajstić information content (AvgIpc) is 3.14. The molecule has 0 aliphatic carbocycles. The van der Waals surface area contributed by atoms with Crippen molar-refractivity contribution in [2.24, 2.45) is 0 Å². The highest BCUT2D eigenvalue weighted by atomic mass is 16.5. The Hall–Kier alpha value is -3.15. The van der Waals surface area contributed by atoms with E-state index in [1.54, 1.807) is 18.3 Å². The number of hydrogen-bond donors (Lipinski definition) is 0. The van der Waals surface area contributed by atoms with Crippen molar-refractivity contribution in [3.05, 3.63) is 71.0 Å². The van der Waals surface area contributed by atoms with Gasteiger partial charge >= 0.3 is 5.76 Å². The second-order valence-corrected chi connectivity index (χ2v) is 4.82. The fourth-order valence-corrected chi connectivity index (χ4v) is 2.33. The number of rotatable bonds is 3. The molecule has 0 saturated carbocycles. The van der Waals surface area contributed by atoms with Crippen LogP contribution in [0, 0.1) is 0 Å². The molecular weight excluding hydrogens is 282 g/mol. The van der Waals surface area contributed by atoms with Gasteiger partial charge in [0.15, 0.2) is 17.0 Å². The van der Waals surface area contributed by atoms with E-state index in [9.17, 15) is 4.79 Å². The lowest BCUT2D eigenvalue weighted by Gasteiger charge is -1.96. The van der Waals surface area contributed by atoms with Crippen LogP contribution in [-0.2, 0) is 6.54 Å². The van der Waals surface area contributed by atoms with E-state index >= 15 is 0 Å². The first-order chi connectivity index (χ1) is 10.8. The quantitative estimate of drug-likeness (QED) is 0.580. The number of hydrogen-bond acceptors (Lipinski definition) is 5. The van der Waals surface area contributed by atoms with Crippen molar-refractivity contribution < 1.29 is 8.94 Å². The number of nitrogens with zero attached hydrogens (tertiary/aromatic N) is 3. The monoisotopic (exact) mass is 293 g/mol. The molecule has 0 aliphatic heterocycles. The highest BCUT2D eigenvalue weighted by Crippen LogP contribution is 2.19.